The topological polar surface area (TPSA) is 52.6 Å². The fourth-order valence-corrected chi connectivity index (χ4v) is 6.07. The Morgan fingerprint density at radius 1 is 1.19 bits per heavy atom. The normalized spacial score (nSPS) is 18.2. The van der Waals surface area contributed by atoms with Crippen LogP contribution in [0.4, 0.5) is 0 Å². The number of carbonyl (C=O) groups is 1. The van der Waals surface area contributed by atoms with Crippen molar-refractivity contribution in [3.63, 3.8) is 0 Å². The number of methoxy groups -OCH3 is 2. The van der Waals surface area contributed by atoms with Gasteiger partial charge in [0.2, 0.25) is 5.52 Å². The molecule has 1 aromatic rings. The van der Waals surface area contributed by atoms with Gasteiger partial charge in [-0.25, -0.2) is 0 Å². The van der Waals surface area contributed by atoms with Crippen molar-refractivity contribution in [1.29, 1.82) is 0 Å². The molecule has 0 aliphatic heterocycles. The predicted molar refractivity (Wildman–Crippen MR) is 84.3 cm³/mol. The molecule has 21 heavy (non-hydrogen) atoms. The number of carbonyl (C=O) groups excluding carboxylic acids is 1. The molecule has 0 saturated heterocycles. The zero-order valence-electron chi connectivity index (χ0n) is 12.9. The van der Waals surface area contributed by atoms with Crippen LogP contribution in [0.3, 0.4) is 0 Å². The van der Waals surface area contributed by atoms with Crippen LogP contribution in [-0.4, -0.2) is 31.6 Å². The molecule has 0 spiro atoms. The van der Waals surface area contributed by atoms with Crippen LogP contribution >= 0.6 is 7.14 Å². The van der Waals surface area contributed by atoms with E-state index in [2.05, 4.69) is 0 Å². The Kier molecular flexibility index (Phi) is 5.10. The lowest BCUT2D eigenvalue weighted by Crippen LogP contribution is -2.15. The highest BCUT2D eigenvalue weighted by atomic mass is 31.2. The van der Waals surface area contributed by atoms with Crippen LogP contribution < -0.4 is 9.47 Å². The van der Waals surface area contributed by atoms with E-state index in [0.717, 1.165) is 25.7 Å². The summed E-state index contributed by atoms with van der Waals surface area (Å²) in [7, 11) is 0.0838. The van der Waals surface area contributed by atoms with E-state index in [0.29, 0.717) is 23.2 Å². The number of hydrogen-bond donors (Lipinski definition) is 0. The number of benzene rings is 1. The summed E-state index contributed by atoms with van der Waals surface area (Å²) in [6.45, 7) is 1.85. The van der Waals surface area contributed by atoms with Gasteiger partial charge in [0, 0.05) is 11.8 Å². The molecule has 4 nitrogen and oxygen atoms in total. The standard InChI is InChI=1S/C16H23O4P/c1-4-21(18,12-8-5-6-9-12)16(17)15-13(19-2)10-7-11-14(15)20-3/h7,10-12H,4-6,8-9H2,1-3H3. The molecule has 2 rings (SSSR count). The second-order valence-electron chi connectivity index (χ2n) is 5.39. The molecule has 1 saturated carbocycles. The Bertz CT molecular complexity index is 539. The van der Waals surface area contributed by atoms with Gasteiger partial charge < -0.3 is 14.0 Å². The van der Waals surface area contributed by atoms with Gasteiger partial charge in [0.1, 0.15) is 17.1 Å². The molecule has 0 bridgehead atoms. The van der Waals surface area contributed by atoms with Crippen molar-refractivity contribution in [2.24, 2.45) is 0 Å². The molecular weight excluding hydrogens is 287 g/mol. The quantitative estimate of drug-likeness (QED) is 0.740. The smallest absolute Gasteiger partial charge is 0.229 e. The maximum atomic E-state index is 13.4. The lowest BCUT2D eigenvalue weighted by atomic mass is 10.2. The van der Waals surface area contributed by atoms with Crippen molar-refractivity contribution < 1.29 is 18.8 Å². The maximum Gasteiger partial charge on any atom is 0.229 e. The Morgan fingerprint density at radius 2 is 1.71 bits per heavy atom. The first-order valence-corrected chi connectivity index (χ1v) is 9.39. The van der Waals surface area contributed by atoms with Crippen LogP contribution in [0.15, 0.2) is 18.2 Å². The molecule has 116 valence electrons. The lowest BCUT2D eigenvalue weighted by Gasteiger charge is -2.23. The third kappa shape index (κ3) is 2.87. The molecule has 1 aliphatic rings. The fourth-order valence-electron chi connectivity index (χ4n) is 3.14. The van der Waals surface area contributed by atoms with Crippen LogP contribution in [0.5, 0.6) is 11.5 Å². The molecule has 1 aromatic carbocycles. The van der Waals surface area contributed by atoms with Gasteiger partial charge in [-0.3, -0.25) is 4.79 Å². The molecule has 1 aliphatic carbocycles. The summed E-state index contributed by atoms with van der Waals surface area (Å²) < 4.78 is 23.9. The van der Waals surface area contributed by atoms with Crippen molar-refractivity contribution in [3.8, 4) is 11.5 Å². The molecule has 0 aromatic heterocycles. The van der Waals surface area contributed by atoms with Gasteiger partial charge in [-0.05, 0) is 25.0 Å². The summed E-state index contributed by atoms with van der Waals surface area (Å²) in [6.07, 6.45) is 4.29. The second kappa shape index (κ2) is 6.65. The summed E-state index contributed by atoms with van der Waals surface area (Å²) in [5.74, 6) is 0.872. The van der Waals surface area contributed by atoms with Crippen molar-refractivity contribution in [2.75, 3.05) is 20.4 Å². The van der Waals surface area contributed by atoms with Gasteiger partial charge in [0.15, 0.2) is 7.14 Å². The summed E-state index contributed by atoms with van der Waals surface area (Å²) in [5, 5.41) is 0. The first-order chi connectivity index (χ1) is 10.1. The Labute approximate surface area is 126 Å². The molecule has 0 heterocycles. The molecule has 0 radical (unpaired) electrons. The molecule has 0 amide bonds. The SMILES string of the molecule is CCP(=O)(C(=O)c1c(OC)cccc1OC)C1CCCC1. The van der Waals surface area contributed by atoms with E-state index in [4.69, 9.17) is 9.47 Å². The largest absolute Gasteiger partial charge is 0.496 e. The Hall–Kier alpha value is -1.28. The molecular formula is C16H23O4P. The minimum atomic E-state index is -2.94. The monoisotopic (exact) mass is 310 g/mol. The highest BCUT2D eigenvalue weighted by Gasteiger charge is 2.42. The Morgan fingerprint density at radius 3 is 2.14 bits per heavy atom. The first kappa shape index (κ1) is 16.1. The summed E-state index contributed by atoms with van der Waals surface area (Å²) in [4.78, 5) is 13.0. The van der Waals surface area contributed by atoms with Crippen LogP contribution in [-0.2, 0) is 4.57 Å². The zero-order chi connectivity index (χ0) is 15.5. The zero-order valence-corrected chi connectivity index (χ0v) is 13.8. The molecule has 5 heteroatoms. The average molecular weight is 310 g/mol. The van der Waals surface area contributed by atoms with E-state index in [1.807, 2.05) is 6.92 Å². The number of ether oxygens (including phenoxy) is 2. The van der Waals surface area contributed by atoms with E-state index in [9.17, 15) is 9.36 Å². The summed E-state index contributed by atoms with van der Waals surface area (Å²) in [5.41, 5.74) is 0.0652. The fraction of sp³-hybridized carbons (Fsp3) is 0.562. The van der Waals surface area contributed by atoms with Gasteiger partial charge in [0.05, 0.1) is 14.2 Å². The molecule has 0 N–H and O–H groups in total. The van der Waals surface area contributed by atoms with E-state index < -0.39 is 7.14 Å². The van der Waals surface area contributed by atoms with E-state index in [-0.39, 0.29) is 11.2 Å². The summed E-state index contributed by atoms with van der Waals surface area (Å²) in [6, 6.07) is 5.19. The Balaban J connectivity index is 2.49. The van der Waals surface area contributed by atoms with Gasteiger partial charge in [-0.15, -0.1) is 0 Å². The van der Waals surface area contributed by atoms with Crippen molar-refractivity contribution in [3.05, 3.63) is 23.8 Å². The average Bonchev–Trinajstić information content (AvgIpc) is 3.07. The van der Waals surface area contributed by atoms with Crippen molar-refractivity contribution in [1.82, 2.24) is 0 Å². The van der Waals surface area contributed by atoms with Crippen LogP contribution in [0, 0.1) is 0 Å². The summed E-state index contributed by atoms with van der Waals surface area (Å²) >= 11 is 0. The first-order valence-electron chi connectivity index (χ1n) is 7.43. The molecule has 1 fully saturated rings. The van der Waals surface area contributed by atoms with E-state index in [1.54, 1.807) is 18.2 Å². The van der Waals surface area contributed by atoms with Gasteiger partial charge in [0.25, 0.3) is 0 Å². The van der Waals surface area contributed by atoms with Crippen LogP contribution in [0.2, 0.25) is 0 Å². The van der Waals surface area contributed by atoms with Crippen molar-refractivity contribution >= 4 is 12.7 Å². The minimum absolute atomic E-state index is 0.0182. The lowest BCUT2D eigenvalue weighted by molar-refractivity contribution is 0.106. The van der Waals surface area contributed by atoms with E-state index in [1.165, 1.54) is 14.2 Å². The molecule has 1 atom stereocenters. The van der Waals surface area contributed by atoms with Gasteiger partial charge in [-0.1, -0.05) is 25.8 Å². The van der Waals surface area contributed by atoms with Crippen LogP contribution in [0.25, 0.3) is 0 Å². The molecule has 1 unspecified atom stereocenters. The number of hydrogen-bond acceptors (Lipinski definition) is 4. The van der Waals surface area contributed by atoms with Crippen molar-refractivity contribution in [2.45, 2.75) is 38.3 Å². The maximum absolute atomic E-state index is 13.4. The predicted octanol–water partition coefficient (Wildman–Crippen LogP) is 4.17. The number of rotatable bonds is 6. The highest BCUT2D eigenvalue weighted by molar-refractivity contribution is 7.81. The van der Waals surface area contributed by atoms with Gasteiger partial charge in [-0.2, -0.15) is 0 Å². The van der Waals surface area contributed by atoms with Gasteiger partial charge >= 0.3 is 0 Å². The third-order valence-electron chi connectivity index (χ3n) is 4.37. The van der Waals surface area contributed by atoms with E-state index >= 15 is 0 Å². The minimum Gasteiger partial charge on any atom is -0.496 e. The van der Waals surface area contributed by atoms with Crippen LogP contribution in [0.1, 0.15) is 43.0 Å². The third-order valence-corrected chi connectivity index (χ3v) is 7.92. The highest BCUT2D eigenvalue weighted by Crippen LogP contribution is 2.59. The second-order valence-corrected chi connectivity index (χ2v) is 8.75.